The molecular formula is C25H35O. The molecule has 2 aromatic rings. The van der Waals surface area contributed by atoms with Crippen LogP contribution in [0, 0.1) is 26.8 Å². The Bertz CT molecular complexity index is 765. The third kappa shape index (κ3) is 3.68. The minimum Gasteiger partial charge on any atom is -0.496 e. The number of benzene rings is 2. The fourth-order valence-electron chi connectivity index (χ4n) is 3.77. The third-order valence-electron chi connectivity index (χ3n) is 5.47. The predicted octanol–water partition coefficient (Wildman–Crippen LogP) is 7.46. The zero-order valence-electron chi connectivity index (χ0n) is 18.3. The molecule has 0 saturated carbocycles. The Kier molecular flexibility index (Phi) is 6.21. The molecule has 0 amide bonds. The molecule has 0 fully saturated rings. The Hall–Kier alpha value is -1.76. The quantitative estimate of drug-likeness (QED) is 0.543. The second kappa shape index (κ2) is 7.86. The average Bonchev–Trinajstić information content (AvgIpc) is 2.56. The van der Waals surface area contributed by atoms with Gasteiger partial charge in [0.25, 0.3) is 0 Å². The maximum atomic E-state index is 5.92. The average molecular weight is 352 g/mol. The summed E-state index contributed by atoms with van der Waals surface area (Å²) in [6, 6.07) is 8.38. The van der Waals surface area contributed by atoms with Crippen LogP contribution in [0.3, 0.4) is 0 Å². The van der Waals surface area contributed by atoms with Crippen molar-refractivity contribution in [2.24, 2.45) is 0 Å². The number of hydrogen-bond acceptors (Lipinski definition) is 1. The van der Waals surface area contributed by atoms with Gasteiger partial charge >= 0.3 is 0 Å². The Morgan fingerprint density at radius 3 is 1.62 bits per heavy atom. The van der Waals surface area contributed by atoms with E-state index in [4.69, 9.17) is 4.74 Å². The van der Waals surface area contributed by atoms with Crippen LogP contribution < -0.4 is 4.74 Å². The summed E-state index contributed by atoms with van der Waals surface area (Å²) in [6.45, 7) is 20.1. The molecule has 0 heterocycles. The van der Waals surface area contributed by atoms with Gasteiger partial charge in [0.05, 0.1) is 7.11 Å². The number of methoxy groups -OCH3 is 1. The van der Waals surface area contributed by atoms with Crippen LogP contribution in [0.15, 0.2) is 12.1 Å². The van der Waals surface area contributed by atoms with Gasteiger partial charge in [-0.2, -0.15) is 0 Å². The van der Waals surface area contributed by atoms with Gasteiger partial charge in [0, 0.05) is 5.56 Å². The van der Waals surface area contributed by atoms with Crippen molar-refractivity contribution in [3.8, 4) is 16.9 Å². The highest BCUT2D eigenvalue weighted by Gasteiger charge is 2.23. The van der Waals surface area contributed by atoms with Crippen molar-refractivity contribution >= 4 is 0 Å². The van der Waals surface area contributed by atoms with Crippen LogP contribution in [0.1, 0.15) is 92.7 Å². The van der Waals surface area contributed by atoms with Gasteiger partial charge in [-0.15, -0.1) is 0 Å². The molecule has 26 heavy (non-hydrogen) atoms. The van der Waals surface area contributed by atoms with Gasteiger partial charge in [-0.3, -0.25) is 0 Å². The van der Waals surface area contributed by atoms with Crippen molar-refractivity contribution in [1.29, 1.82) is 0 Å². The van der Waals surface area contributed by atoms with Crippen molar-refractivity contribution in [2.75, 3.05) is 7.11 Å². The van der Waals surface area contributed by atoms with E-state index < -0.39 is 0 Å². The minimum atomic E-state index is 0.451. The SMILES string of the molecule is COc1c(C)c(C)[c]c(C)c1-c1c(C(C)C)cc(C(C)C)cc1C(C)C. The molecule has 0 N–H and O–H groups in total. The number of rotatable bonds is 5. The van der Waals surface area contributed by atoms with E-state index in [0.717, 1.165) is 5.75 Å². The number of ether oxygens (including phenoxy) is 1. The second-order valence-corrected chi connectivity index (χ2v) is 8.45. The van der Waals surface area contributed by atoms with Gasteiger partial charge < -0.3 is 4.74 Å². The fourth-order valence-corrected chi connectivity index (χ4v) is 3.77. The van der Waals surface area contributed by atoms with E-state index in [2.05, 4.69) is 80.5 Å². The Morgan fingerprint density at radius 2 is 1.23 bits per heavy atom. The monoisotopic (exact) mass is 351 g/mol. The van der Waals surface area contributed by atoms with Gasteiger partial charge in [-0.1, -0.05) is 53.7 Å². The molecule has 0 aromatic heterocycles. The van der Waals surface area contributed by atoms with Crippen LogP contribution in [0.5, 0.6) is 5.75 Å². The minimum absolute atomic E-state index is 0.451. The first-order valence-corrected chi connectivity index (χ1v) is 9.85. The molecule has 1 radical (unpaired) electrons. The lowest BCUT2D eigenvalue weighted by Crippen LogP contribution is -2.06. The fraction of sp³-hybridized carbons (Fsp3) is 0.520. The van der Waals surface area contributed by atoms with E-state index in [9.17, 15) is 0 Å². The van der Waals surface area contributed by atoms with Crippen LogP contribution in [0.4, 0.5) is 0 Å². The molecule has 0 atom stereocenters. The van der Waals surface area contributed by atoms with Gasteiger partial charge in [0.2, 0.25) is 0 Å². The van der Waals surface area contributed by atoms with Gasteiger partial charge in [0.1, 0.15) is 5.75 Å². The number of aryl methyl sites for hydroxylation is 2. The molecule has 0 aliphatic carbocycles. The molecule has 0 aliphatic rings. The zero-order chi connectivity index (χ0) is 19.8. The molecular weight excluding hydrogens is 316 g/mol. The smallest absolute Gasteiger partial charge is 0.130 e. The summed E-state index contributed by atoms with van der Waals surface area (Å²) in [5.74, 6) is 2.42. The summed E-state index contributed by atoms with van der Waals surface area (Å²) in [5.41, 5.74) is 10.4. The molecule has 0 aliphatic heterocycles. The molecule has 0 saturated heterocycles. The van der Waals surface area contributed by atoms with E-state index >= 15 is 0 Å². The van der Waals surface area contributed by atoms with Gasteiger partial charge in [-0.25, -0.2) is 0 Å². The first-order chi connectivity index (χ1) is 12.1. The Labute approximate surface area is 160 Å². The molecule has 141 valence electrons. The summed E-state index contributed by atoms with van der Waals surface area (Å²) in [6.07, 6.45) is 0. The molecule has 0 bridgehead atoms. The summed E-state index contributed by atoms with van der Waals surface area (Å²) >= 11 is 0. The highest BCUT2D eigenvalue weighted by molar-refractivity contribution is 5.82. The molecule has 0 spiro atoms. The van der Waals surface area contributed by atoms with Crippen LogP contribution >= 0.6 is 0 Å². The second-order valence-electron chi connectivity index (χ2n) is 8.45. The van der Waals surface area contributed by atoms with Gasteiger partial charge in [0.15, 0.2) is 0 Å². The van der Waals surface area contributed by atoms with E-state index in [1.165, 1.54) is 44.5 Å². The summed E-state index contributed by atoms with van der Waals surface area (Å²) in [4.78, 5) is 0. The van der Waals surface area contributed by atoms with Crippen molar-refractivity contribution in [2.45, 2.75) is 80.1 Å². The van der Waals surface area contributed by atoms with E-state index in [-0.39, 0.29) is 0 Å². The first kappa shape index (κ1) is 20.6. The van der Waals surface area contributed by atoms with Crippen molar-refractivity contribution in [1.82, 2.24) is 0 Å². The molecule has 2 aromatic carbocycles. The lowest BCUT2D eigenvalue weighted by Gasteiger charge is -2.26. The molecule has 2 rings (SSSR count). The molecule has 1 nitrogen and oxygen atoms in total. The van der Waals surface area contributed by atoms with Crippen LogP contribution in [0.2, 0.25) is 0 Å². The van der Waals surface area contributed by atoms with Crippen molar-refractivity contribution in [3.05, 3.63) is 51.6 Å². The largest absolute Gasteiger partial charge is 0.496 e. The lowest BCUT2D eigenvalue weighted by atomic mass is 9.79. The summed E-state index contributed by atoms with van der Waals surface area (Å²) in [7, 11) is 1.79. The summed E-state index contributed by atoms with van der Waals surface area (Å²) < 4.78 is 5.92. The summed E-state index contributed by atoms with van der Waals surface area (Å²) in [5, 5.41) is 0. The first-order valence-electron chi connectivity index (χ1n) is 9.85. The third-order valence-corrected chi connectivity index (χ3v) is 5.47. The maximum Gasteiger partial charge on any atom is 0.130 e. The van der Waals surface area contributed by atoms with Crippen molar-refractivity contribution in [3.63, 3.8) is 0 Å². The van der Waals surface area contributed by atoms with Crippen molar-refractivity contribution < 1.29 is 4.74 Å². The van der Waals surface area contributed by atoms with Crippen LogP contribution in [0.25, 0.3) is 11.1 Å². The zero-order valence-corrected chi connectivity index (χ0v) is 18.3. The van der Waals surface area contributed by atoms with E-state index in [1.807, 2.05) is 0 Å². The number of hydrogen-bond donors (Lipinski definition) is 0. The van der Waals surface area contributed by atoms with Crippen LogP contribution in [-0.2, 0) is 0 Å². The van der Waals surface area contributed by atoms with E-state index in [1.54, 1.807) is 7.11 Å². The maximum absolute atomic E-state index is 5.92. The highest BCUT2D eigenvalue weighted by atomic mass is 16.5. The highest BCUT2D eigenvalue weighted by Crippen LogP contribution is 2.45. The standard InChI is InChI=1S/C25H35O/c1-14(2)20-12-21(15(3)4)24(22(13-20)16(5)6)23-18(8)11-17(7)19(9)25(23)26-10/h12-16H,1-10H3. The predicted molar refractivity (Wildman–Crippen MR) is 114 cm³/mol. The van der Waals surface area contributed by atoms with Gasteiger partial charge in [-0.05, 0) is 83.5 Å². The lowest BCUT2D eigenvalue weighted by molar-refractivity contribution is 0.412. The van der Waals surface area contributed by atoms with E-state index in [0.29, 0.717) is 17.8 Å². The topological polar surface area (TPSA) is 9.23 Å². The molecule has 0 unspecified atom stereocenters. The normalized spacial score (nSPS) is 11.7. The van der Waals surface area contributed by atoms with Crippen LogP contribution in [-0.4, -0.2) is 7.11 Å². The Morgan fingerprint density at radius 1 is 0.731 bits per heavy atom. The Balaban J connectivity index is 3.00. The molecule has 1 heteroatoms.